The van der Waals surface area contributed by atoms with Gasteiger partial charge in [0, 0.05) is 11.5 Å². The van der Waals surface area contributed by atoms with E-state index in [-0.39, 0.29) is 16.9 Å². The fourth-order valence-electron chi connectivity index (χ4n) is 3.53. The van der Waals surface area contributed by atoms with E-state index in [4.69, 9.17) is 13.6 Å². The van der Waals surface area contributed by atoms with Gasteiger partial charge in [-0.3, -0.25) is 4.79 Å². The standard InChI is InChI=1S/C25H16O5/c1-15-23(16-7-3-2-4-8-16)24(26)19-12-11-18(14-21(19)28-15)29-25(27)22-13-17-9-5-6-10-20(17)30-22/h2-14H,1H3. The number of hydrogen-bond acceptors (Lipinski definition) is 5. The third-order valence-electron chi connectivity index (χ3n) is 4.94. The summed E-state index contributed by atoms with van der Waals surface area (Å²) in [6.45, 7) is 1.75. The Morgan fingerprint density at radius 3 is 2.40 bits per heavy atom. The number of fused-ring (bicyclic) bond motifs is 2. The molecule has 5 aromatic rings. The van der Waals surface area contributed by atoms with E-state index >= 15 is 0 Å². The third-order valence-corrected chi connectivity index (χ3v) is 4.94. The molecule has 0 aliphatic rings. The molecular weight excluding hydrogens is 380 g/mol. The van der Waals surface area contributed by atoms with Crippen molar-refractivity contribution in [2.75, 3.05) is 0 Å². The van der Waals surface area contributed by atoms with Crippen LogP contribution >= 0.6 is 0 Å². The summed E-state index contributed by atoms with van der Waals surface area (Å²) in [7, 11) is 0. The topological polar surface area (TPSA) is 69.7 Å². The first-order chi connectivity index (χ1) is 14.6. The summed E-state index contributed by atoms with van der Waals surface area (Å²) in [5, 5.41) is 1.24. The Bertz CT molecular complexity index is 1420. The first-order valence-electron chi connectivity index (χ1n) is 9.44. The molecule has 0 aliphatic heterocycles. The molecule has 5 nitrogen and oxygen atoms in total. The third kappa shape index (κ3) is 3.06. The SMILES string of the molecule is Cc1oc2cc(OC(=O)c3cc4ccccc4o3)ccc2c(=O)c1-c1ccccc1. The van der Waals surface area contributed by atoms with E-state index in [2.05, 4.69) is 0 Å². The van der Waals surface area contributed by atoms with Crippen LogP contribution < -0.4 is 10.2 Å². The molecule has 0 atom stereocenters. The smallest absolute Gasteiger partial charge is 0.379 e. The van der Waals surface area contributed by atoms with Gasteiger partial charge in [-0.1, -0.05) is 48.5 Å². The van der Waals surface area contributed by atoms with Gasteiger partial charge in [0.05, 0.1) is 10.9 Å². The maximum atomic E-state index is 13.0. The highest BCUT2D eigenvalue weighted by atomic mass is 16.5. The molecule has 146 valence electrons. The zero-order valence-corrected chi connectivity index (χ0v) is 16.0. The van der Waals surface area contributed by atoms with E-state index in [0.717, 1.165) is 10.9 Å². The van der Waals surface area contributed by atoms with Crippen LogP contribution in [0.3, 0.4) is 0 Å². The molecule has 30 heavy (non-hydrogen) atoms. The maximum absolute atomic E-state index is 13.0. The normalized spacial score (nSPS) is 11.1. The number of rotatable bonds is 3. The van der Waals surface area contributed by atoms with Crippen LogP contribution in [0.4, 0.5) is 0 Å². The van der Waals surface area contributed by atoms with Crippen molar-refractivity contribution in [2.45, 2.75) is 6.92 Å². The second-order valence-corrected chi connectivity index (χ2v) is 6.92. The van der Waals surface area contributed by atoms with Crippen molar-refractivity contribution in [1.29, 1.82) is 0 Å². The van der Waals surface area contributed by atoms with Gasteiger partial charge in [0.15, 0.2) is 0 Å². The summed E-state index contributed by atoms with van der Waals surface area (Å²) in [5.41, 5.74) is 2.15. The molecule has 0 unspecified atom stereocenters. The highest BCUT2D eigenvalue weighted by Crippen LogP contribution is 2.27. The van der Waals surface area contributed by atoms with Gasteiger partial charge in [-0.05, 0) is 36.8 Å². The lowest BCUT2D eigenvalue weighted by Crippen LogP contribution is -2.09. The van der Waals surface area contributed by atoms with Crippen LogP contribution in [0, 0.1) is 6.92 Å². The summed E-state index contributed by atoms with van der Waals surface area (Å²) in [6, 6.07) is 23.1. The first kappa shape index (κ1) is 17.9. The second kappa shape index (κ2) is 7.04. The lowest BCUT2D eigenvalue weighted by atomic mass is 10.0. The summed E-state index contributed by atoms with van der Waals surface area (Å²) >= 11 is 0. The van der Waals surface area contributed by atoms with Crippen molar-refractivity contribution < 1.29 is 18.4 Å². The number of ether oxygens (including phenoxy) is 1. The fraction of sp³-hybridized carbons (Fsp3) is 0.0400. The van der Waals surface area contributed by atoms with Crippen LogP contribution in [0.25, 0.3) is 33.1 Å². The van der Waals surface area contributed by atoms with Gasteiger partial charge in [-0.25, -0.2) is 4.79 Å². The van der Waals surface area contributed by atoms with E-state index < -0.39 is 5.97 Å². The Morgan fingerprint density at radius 1 is 0.833 bits per heavy atom. The van der Waals surface area contributed by atoms with Gasteiger partial charge in [-0.2, -0.15) is 0 Å². The van der Waals surface area contributed by atoms with Crippen LogP contribution in [0.2, 0.25) is 0 Å². The Hall–Kier alpha value is -4.12. The quantitative estimate of drug-likeness (QED) is 0.288. The zero-order valence-electron chi connectivity index (χ0n) is 16.0. The van der Waals surface area contributed by atoms with Crippen molar-refractivity contribution in [1.82, 2.24) is 0 Å². The number of furan rings is 1. The molecule has 0 bridgehead atoms. The number of esters is 1. The van der Waals surface area contributed by atoms with Gasteiger partial charge in [-0.15, -0.1) is 0 Å². The monoisotopic (exact) mass is 396 g/mol. The summed E-state index contributed by atoms with van der Waals surface area (Å²) < 4.78 is 16.9. The minimum Gasteiger partial charge on any atom is -0.460 e. The van der Waals surface area contributed by atoms with Crippen molar-refractivity contribution in [3.63, 3.8) is 0 Å². The van der Waals surface area contributed by atoms with Crippen molar-refractivity contribution in [3.8, 4) is 16.9 Å². The maximum Gasteiger partial charge on any atom is 0.379 e. The van der Waals surface area contributed by atoms with E-state index in [9.17, 15) is 9.59 Å². The van der Waals surface area contributed by atoms with Crippen molar-refractivity contribution in [3.05, 3.63) is 101 Å². The minimum absolute atomic E-state index is 0.105. The van der Waals surface area contributed by atoms with Gasteiger partial charge in [0.1, 0.15) is 22.7 Å². The second-order valence-electron chi connectivity index (χ2n) is 6.92. The van der Waals surface area contributed by atoms with Crippen LogP contribution in [0.1, 0.15) is 16.3 Å². The number of aryl methyl sites for hydroxylation is 1. The molecule has 0 saturated heterocycles. The van der Waals surface area contributed by atoms with Gasteiger partial charge < -0.3 is 13.6 Å². The molecule has 0 N–H and O–H groups in total. The average molecular weight is 396 g/mol. The number of benzene rings is 3. The molecule has 5 rings (SSSR count). The molecular formula is C25H16O5. The van der Waals surface area contributed by atoms with E-state index in [1.807, 2.05) is 48.5 Å². The molecule has 0 radical (unpaired) electrons. The minimum atomic E-state index is -0.620. The molecule has 0 spiro atoms. The van der Waals surface area contributed by atoms with Crippen LogP contribution in [0.5, 0.6) is 5.75 Å². The Morgan fingerprint density at radius 2 is 1.60 bits per heavy atom. The highest BCUT2D eigenvalue weighted by molar-refractivity contribution is 5.94. The lowest BCUT2D eigenvalue weighted by Gasteiger charge is -2.08. The molecule has 2 heterocycles. The number of para-hydroxylation sites is 1. The molecule has 0 fully saturated rings. The van der Waals surface area contributed by atoms with Crippen LogP contribution in [-0.4, -0.2) is 5.97 Å². The van der Waals surface area contributed by atoms with Crippen LogP contribution in [-0.2, 0) is 0 Å². The van der Waals surface area contributed by atoms with Crippen LogP contribution in [0.15, 0.2) is 92.5 Å². The summed E-state index contributed by atoms with van der Waals surface area (Å²) in [6.07, 6.45) is 0. The highest BCUT2D eigenvalue weighted by Gasteiger charge is 2.17. The van der Waals surface area contributed by atoms with Gasteiger partial charge >= 0.3 is 5.97 Å². The number of carbonyl (C=O) groups is 1. The Balaban J connectivity index is 1.50. The number of carbonyl (C=O) groups excluding carboxylic acids is 1. The molecule has 5 heteroatoms. The first-order valence-corrected chi connectivity index (χ1v) is 9.44. The predicted octanol–water partition coefficient (Wildman–Crippen LogP) is 5.73. The zero-order chi connectivity index (χ0) is 20.7. The number of hydrogen-bond donors (Lipinski definition) is 0. The Labute approximate surface area is 171 Å². The summed E-state index contributed by atoms with van der Waals surface area (Å²) in [4.78, 5) is 25.5. The predicted molar refractivity (Wildman–Crippen MR) is 114 cm³/mol. The van der Waals surface area contributed by atoms with E-state index in [0.29, 0.717) is 27.9 Å². The molecule has 3 aromatic carbocycles. The van der Waals surface area contributed by atoms with Crippen molar-refractivity contribution >= 4 is 27.9 Å². The molecule has 2 aromatic heterocycles. The molecule has 0 amide bonds. The van der Waals surface area contributed by atoms with Crippen molar-refractivity contribution in [2.24, 2.45) is 0 Å². The molecule has 0 saturated carbocycles. The Kier molecular flexibility index (Phi) is 4.21. The van der Waals surface area contributed by atoms with Gasteiger partial charge in [0.25, 0.3) is 0 Å². The van der Waals surface area contributed by atoms with E-state index in [1.54, 1.807) is 37.3 Å². The lowest BCUT2D eigenvalue weighted by molar-refractivity contribution is 0.0704. The molecule has 0 aliphatic carbocycles. The largest absolute Gasteiger partial charge is 0.460 e. The van der Waals surface area contributed by atoms with E-state index in [1.165, 1.54) is 0 Å². The fourth-order valence-corrected chi connectivity index (χ4v) is 3.53. The average Bonchev–Trinajstić information content (AvgIpc) is 3.19. The van der Waals surface area contributed by atoms with Gasteiger partial charge in [0.2, 0.25) is 11.2 Å². The summed E-state index contributed by atoms with van der Waals surface area (Å²) in [5.74, 6) is 0.251.